The minimum Gasteiger partial charge on any atom is -0.488 e. The number of hydrogen-bond donors (Lipinski definition) is 1. The molecule has 0 aliphatic heterocycles. The van der Waals surface area contributed by atoms with Gasteiger partial charge in [0.1, 0.15) is 11.4 Å². The van der Waals surface area contributed by atoms with Crippen LogP contribution in [0, 0.1) is 11.3 Å². The number of ether oxygens (including phenoxy) is 1. The van der Waals surface area contributed by atoms with Gasteiger partial charge in [-0.3, -0.25) is 0 Å². The quantitative estimate of drug-likeness (QED) is 0.848. The molecular formula is C13H18N2O. The number of nitriles is 1. The van der Waals surface area contributed by atoms with Crippen LogP contribution in [0.4, 0.5) is 0 Å². The molecule has 0 fully saturated rings. The van der Waals surface area contributed by atoms with Crippen LogP contribution in [0.2, 0.25) is 0 Å². The lowest BCUT2D eigenvalue weighted by Crippen LogP contribution is -2.22. The number of rotatable bonds is 3. The zero-order chi connectivity index (χ0) is 12.2. The van der Waals surface area contributed by atoms with Crippen LogP contribution in [-0.4, -0.2) is 5.60 Å². The Morgan fingerprint density at radius 3 is 2.31 bits per heavy atom. The van der Waals surface area contributed by atoms with Crippen molar-refractivity contribution in [1.82, 2.24) is 0 Å². The third-order valence-electron chi connectivity index (χ3n) is 2.04. The summed E-state index contributed by atoms with van der Waals surface area (Å²) in [5.41, 5.74) is 6.58. The molecule has 0 radical (unpaired) electrons. The zero-order valence-corrected chi connectivity index (χ0v) is 10.0. The van der Waals surface area contributed by atoms with Gasteiger partial charge in [0.25, 0.3) is 0 Å². The summed E-state index contributed by atoms with van der Waals surface area (Å²) in [6, 6.07) is 9.43. The van der Waals surface area contributed by atoms with Crippen molar-refractivity contribution in [1.29, 1.82) is 5.26 Å². The molecule has 0 bridgehead atoms. The Morgan fingerprint density at radius 1 is 1.31 bits per heavy atom. The Balaban J connectivity index is 2.72. The average Bonchev–Trinajstić information content (AvgIpc) is 2.16. The number of nitrogens with zero attached hydrogens (tertiary/aromatic N) is 1. The van der Waals surface area contributed by atoms with Crippen LogP contribution in [0.15, 0.2) is 24.3 Å². The van der Waals surface area contributed by atoms with Gasteiger partial charge in [-0.05, 0) is 38.5 Å². The molecule has 86 valence electrons. The zero-order valence-electron chi connectivity index (χ0n) is 10.0. The number of nitrogens with two attached hydrogens (primary N) is 1. The van der Waals surface area contributed by atoms with Crippen LogP contribution < -0.4 is 10.5 Å². The highest BCUT2D eigenvalue weighted by atomic mass is 16.5. The molecule has 2 N–H and O–H groups in total. The van der Waals surface area contributed by atoms with Gasteiger partial charge in [-0.1, -0.05) is 12.1 Å². The maximum atomic E-state index is 8.55. The summed E-state index contributed by atoms with van der Waals surface area (Å²) >= 11 is 0. The molecule has 1 rings (SSSR count). The Kier molecular flexibility index (Phi) is 3.92. The van der Waals surface area contributed by atoms with Gasteiger partial charge >= 0.3 is 0 Å². The van der Waals surface area contributed by atoms with Gasteiger partial charge in [0, 0.05) is 6.04 Å². The molecule has 16 heavy (non-hydrogen) atoms. The number of benzene rings is 1. The second-order valence-electron chi connectivity index (χ2n) is 4.75. The van der Waals surface area contributed by atoms with E-state index in [9.17, 15) is 0 Å². The molecule has 0 spiro atoms. The fourth-order valence-corrected chi connectivity index (χ4v) is 1.35. The van der Waals surface area contributed by atoms with Crippen LogP contribution in [-0.2, 0) is 0 Å². The second kappa shape index (κ2) is 5.00. The fraction of sp³-hybridized carbons (Fsp3) is 0.462. The van der Waals surface area contributed by atoms with E-state index < -0.39 is 0 Å². The van der Waals surface area contributed by atoms with Crippen molar-refractivity contribution < 1.29 is 4.74 Å². The van der Waals surface area contributed by atoms with Gasteiger partial charge in [0.15, 0.2) is 0 Å². The Labute approximate surface area is 96.8 Å². The van der Waals surface area contributed by atoms with E-state index in [1.54, 1.807) is 0 Å². The predicted octanol–water partition coefficient (Wildman–Crippen LogP) is 2.78. The summed E-state index contributed by atoms with van der Waals surface area (Å²) in [6.07, 6.45) is 0.333. The first-order valence-corrected chi connectivity index (χ1v) is 5.34. The SMILES string of the molecule is CC(C)(C)Oc1ccc([C@H](N)CC#N)cc1. The van der Waals surface area contributed by atoms with E-state index >= 15 is 0 Å². The molecule has 0 saturated heterocycles. The van der Waals surface area contributed by atoms with Crippen molar-refractivity contribution in [2.24, 2.45) is 5.73 Å². The van der Waals surface area contributed by atoms with E-state index in [0.29, 0.717) is 6.42 Å². The summed E-state index contributed by atoms with van der Waals surface area (Å²) in [4.78, 5) is 0. The maximum Gasteiger partial charge on any atom is 0.120 e. The molecule has 0 heterocycles. The van der Waals surface area contributed by atoms with Crippen LogP contribution >= 0.6 is 0 Å². The van der Waals surface area contributed by atoms with E-state index in [1.165, 1.54) is 0 Å². The van der Waals surface area contributed by atoms with Crippen LogP contribution in [0.3, 0.4) is 0 Å². The van der Waals surface area contributed by atoms with Crippen LogP contribution in [0.5, 0.6) is 5.75 Å². The molecule has 0 amide bonds. The molecule has 0 aromatic heterocycles. The summed E-state index contributed by atoms with van der Waals surface area (Å²) in [7, 11) is 0. The average molecular weight is 218 g/mol. The van der Waals surface area contributed by atoms with Gasteiger partial charge in [-0.2, -0.15) is 5.26 Å². The highest BCUT2D eigenvalue weighted by Crippen LogP contribution is 2.21. The first-order chi connectivity index (χ1) is 7.42. The fourth-order valence-electron chi connectivity index (χ4n) is 1.35. The van der Waals surface area contributed by atoms with Crippen LogP contribution in [0.25, 0.3) is 0 Å². The lowest BCUT2D eigenvalue weighted by molar-refractivity contribution is 0.131. The minimum absolute atomic E-state index is 0.198. The smallest absolute Gasteiger partial charge is 0.120 e. The molecule has 1 atom stereocenters. The molecule has 0 unspecified atom stereocenters. The lowest BCUT2D eigenvalue weighted by Gasteiger charge is -2.21. The highest BCUT2D eigenvalue weighted by Gasteiger charge is 2.12. The standard InChI is InChI=1S/C13H18N2O/c1-13(2,3)16-11-6-4-10(5-7-11)12(15)8-9-14/h4-7,12H,8,15H2,1-3H3/t12-/m1/s1. The van der Waals surface area contributed by atoms with Gasteiger partial charge in [-0.25, -0.2) is 0 Å². The largest absolute Gasteiger partial charge is 0.488 e. The first kappa shape index (κ1) is 12.5. The third kappa shape index (κ3) is 3.92. The summed E-state index contributed by atoms with van der Waals surface area (Å²) < 4.78 is 5.69. The Morgan fingerprint density at radius 2 is 1.88 bits per heavy atom. The van der Waals surface area contributed by atoms with E-state index in [1.807, 2.05) is 45.0 Å². The van der Waals surface area contributed by atoms with E-state index in [0.717, 1.165) is 11.3 Å². The highest BCUT2D eigenvalue weighted by molar-refractivity contribution is 5.29. The predicted molar refractivity (Wildman–Crippen MR) is 64.0 cm³/mol. The van der Waals surface area contributed by atoms with Gasteiger partial charge in [0.2, 0.25) is 0 Å². The van der Waals surface area contributed by atoms with Gasteiger partial charge < -0.3 is 10.5 Å². The minimum atomic E-state index is -0.214. The Bertz CT molecular complexity index is 370. The topological polar surface area (TPSA) is 59.0 Å². The van der Waals surface area contributed by atoms with Gasteiger partial charge in [-0.15, -0.1) is 0 Å². The van der Waals surface area contributed by atoms with Crippen molar-refractivity contribution in [3.05, 3.63) is 29.8 Å². The molecule has 3 nitrogen and oxygen atoms in total. The summed E-state index contributed by atoms with van der Waals surface area (Å²) in [5, 5.41) is 8.55. The summed E-state index contributed by atoms with van der Waals surface area (Å²) in [5.74, 6) is 0.820. The normalized spacial score (nSPS) is 12.9. The lowest BCUT2D eigenvalue weighted by atomic mass is 10.1. The van der Waals surface area contributed by atoms with Crippen molar-refractivity contribution >= 4 is 0 Å². The van der Waals surface area contributed by atoms with Crippen molar-refractivity contribution in [2.75, 3.05) is 0 Å². The molecule has 1 aromatic rings. The van der Waals surface area contributed by atoms with Crippen molar-refractivity contribution in [3.63, 3.8) is 0 Å². The number of hydrogen-bond acceptors (Lipinski definition) is 3. The van der Waals surface area contributed by atoms with E-state index in [2.05, 4.69) is 6.07 Å². The molecule has 1 aromatic carbocycles. The molecular weight excluding hydrogens is 200 g/mol. The third-order valence-corrected chi connectivity index (χ3v) is 2.04. The summed E-state index contributed by atoms with van der Waals surface area (Å²) in [6.45, 7) is 6.01. The first-order valence-electron chi connectivity index (χ1n) is 5.34. The van der Waals surface area contributed by atoms with E-state index in [4.69, 9.17) is 15.7 Å². The van der Waals surface area contributed by atoms with Gasteiger partial charge in [0.05, 0.1) is 12.5 Å². The van der Waals surface area contributed by atoms with Crippen molar-refractivity contribution in [2.45, 2.75) is 38.8 Å². The monoisotopic (exact) mass is 218 g/mol. The molecule has 3 heteroatoms. The van der Waals surface area contributed by atoms with Crippen molar-refractivity contribution in [3.8, 4) is 11.8 Å². The van der Waals surface area contributed by atoms with E-state index in [-0.39, 0.29) is 11.6 Å². The maximum absolute atomic E-state index is 8.55. The molecule has 0 saturated carbocycles. The van der Waals surface area contributed by atoms with Crippen LogP contribution in [0.1, 0.15) is 38.8 Å². The molecule has 0 aliphatic rings. The Hall–Kier alpha value is -1.53. The second-order valence-corrected chi connectivity index (χ2v) is 4.75. The molecule has 0 aliphatic carbocycles.